The number of ether oxygens (including phenoxy) is 1. The van der Waals surface area contributed by atoms with E-state index in [-0.39, 0.29) is 21.1 Å². The maximum Gasteiger partial charge on any atom is 0.287 e. The molecule has 1 aromatic heterocycles. The van der Waals surface area contributed by atoms with Gasteiger partial charge in [-0.1, -0.05) is 48.0 Å². The van der Waals surface area contributed by atoms with Gasteiger partial charge in [-0.2, -0.15) is 0 Å². The maximum absolute atomic E-state index is 7.50. The summed E-state index contributed by atoms with van der Waals surface area (Å²) in [6.45, 7) is 26.0. The first kappa shape index (κ1) is 34.9. The van der Waals surface area contributed by atoms with E-state index in [0.29, 0.717) is 0 Å². The topological polar surface area (TPSA) is 123 Å². The molecule has 0 atom stereocenters. The number of hydrogen-bond acceptors (Lipinski definition) is 2. The summed E-state index contributed by atoms with van der Waals surface area (Å²) in [5.41, 5.74) is 4.95. The van der Waals surface area contributed by atoms with Crippen LogP contribution in [0.2, 0.25) is 0 Å². The van der Waals surface area contributed by atoms with E-state index in [2.05, 4.69) is 74.8 Å². The quantitative estimate of drug-likeness (QED) is 0.379. The van der Waals surface area contributed by atoms with E-state index in [0.717, 1.165) is 44.9 Å². The van der Waals surface area contributed by atoms with Crippen molar-refractivity contribution in [3.63, 3.8) is 0 Å². The SMILES string of the molecule is [C-]#[O+].[C-]#[O+].[C-]#[O+].[C-]#[O+].[C-]#[O+].[W].[c-]1cc(-c2ccccc2)c2c([o+]1)CCC=C2N1CCOCC1. The van der Waals surface area contributed by atoms with Crippen LogP contribution >= 0.6 is 0 Å². The minimum absolute atomic E-state index is 0. The molecular weight excluding hydrogens is 598 g/mol. The zero-order chi connectivity index (χ0) is 24.8. The molecule has 0 radical (unpaired) electrons. The van der Waals surface area contributed by atoms with Crippen molar-refractivity contribution < 1.29 is 53.5 Å². The molecule has 0 spiro atoms. The minimum atomic E-state index is 0. The fraction of sp³-hybridized carbons (Fsp3) is 0.250. The average molecular weight is 617 g/mol. The van der Waals surface area contributed by atoms with E-state index >= 15 is 0 Å². The molecule has 2 aromatic rings. The number of morpholine rings is 1. The van der Waals surface area contributed by atoms with Gasteiger partial charge in [-0.15, -0.1) is 5.56 Å². The van der Waals surface area contributed by atoms with E-state index in [4.69, 9.17) is 32.4 Å². The molecule has 9 heteroatoms. The van der Waals surface area contributed by atoms with Crippen LogP contribution in [0.4, 0.5) is 0 Å². The van der Waals surface area contributed by atoms with Gasteiger partial charge >= 0.3 is 56.5 Å². The van der Waals surface area contributed by atoms with Crippen molar-refractivity contribution in [2.24, 2.45) is 0 Å². The maximum atomic E-state index is 7.50. The first-order valence-electron chi connectivity index (χ1n) is 8.90. The molecule has 2 heterocycles. The second kappa shape index (κ2) is 23.9. The summed E-state index contributed by atoms with van der Waals surface area (Å²) in [5.74, 6) is 1.05. The molecule has 1 aliphatic heterocycles. The Morgan fingerprint density at radius 2 is 1.39 bits per heavy atom. The van der Waals surface area contributed by atoms with Crippen LogP contribution in [-0.2, 0) is 55.5 Å². The molecule has 0 N–H and O–H groups in total. The van der Waals surface area contributed by atoms with Gasteiger partial charge in [0.2, 0.25) is 5.76 Å². The fourth-order valence-electron chi connectivity index (χ4n) is 3.27. The molecule has 1 aromatic carbocycles. The van der Waals surface area contributed by atoms with Gasteiger partial charge in [-0.05, 0) is 12.0 Å². The van der Waals surface area contributed by atoms with Crippen LogP contribution in [0.15, 0.2) is 46.9 Å². The number of benzene rings is 1. The Labute approximate surface area is 207 Å². The second-order valence-electron chi connectivity index (χ2n) is 5.67. The Bertz CT molecular complexity index is 877. The molecular formula is C24H19NO7W. The fourth-order valence-corrected chi connectivity index (χ4v) is 3.27. The van der Waals surface area contributed by atoms with Crippen molar-refractivity contribution in [2.45, 2.75) is 12.8 Å². The standard InChI is InChI=1S/C19H19NO2.5CO.W/c1-2-5-15(6-3-1)16-9-12-22-18-8-4-7-17(19(16)18)20-10-13-21-14-11-20;5*1-2;/h1-3,5-7,9H,4,8,10-11,13-14H2;;;;;;. The summed E-state index contributed by atoms with van der Waals surface area (Å²) in [6, 6.07) is 12.5. The van der Waals surface area contributed by atoms with Gasteiger partial charge in [0, 0.05) is 46.3 Å². The Morgan fingerprint density at radius 1 is 0.848 bits per heavy atom. The normalized spacial score (nSPS) is 12.2. The van der Waals surface area contributed by atoms with E-state index in [1.807, 2.05) is 12.1 Å². The van der Waals surface area contributed by atoms with Crippen molar-refractivity contribution in [1.82, 2.24) is 4.90 Å². The van der Waals surface area contributed by atoms with E-state index < -0.39 is 0 Å². The summed E-state index contributed by atoms with van der Waals surface area (Å²) < 4.78 is 48.7. The Hall–Kier alpha value is -2.74. The van der Waals surface area contributed by atoms with E-state index in [9.17, 15) is 0 Å². The molecule has 0 unspecified atom stereocenters. The molecule has 1 saturated heterocycles. The molecule has 168 valence electrons. The number of fused-ring (bicyclic) bond motifs is 1. The summed E-state index contributed by atoms with van der Waals surface area (Å²) in [5, 5.41) is 0. The van der Waals surface area contributed by atoms with Crippen LogP contribution in [-0.4, -0.2) is 31.2 Å². The molecule has 33 heavy (non-hydrogen) atoms. The van der Waals surface area contributed by atoms with Crippen molar-refractivity contribution in [2.75, 3.05) is 26.3 Å². The second-order valence-corrected chi connectivity index (χ2v) is 5.67. The third-order valence-corrected chi connectivity index (χ3v) is 4.34. The van der Waals surface area contributed by atoms with Crippen LogP contribution in [0.1, 0.15) is 17.7 Å². The smallest absolute Gasteiger partial charge is 0.287 e. The predicted molar refractivity (Wildman–Crippen MR) is 106 cm³/mol. The van der Waals surface area contributed by atoms with Crippen LogP contribution < -0.4 is 0 Å². The number of rotatable bonds is 2. The zero-order valence-corrected chi connectivity index (χ0v) is 20.4. The van der Waals surface area contributed by atoms with E-state index in [1.54, 1.807) is 0 Å². The van der Waals surface area contributed by atoms with Crippen molar-refractivity contribution in [3.05, 3.63) is 93.3 Å². The van der Waals surface area contributed by atoms with Gasteiger partial charge in [-0.25, -0.2) is 0 Å². The Morgan fingerprint density at radius 3 is 1.94 bits per heavy atom. The summed E-state index contributed by atoms with van der Waals surface area (Å²) in [6.07, 6.45) is 7.28. The van der Waals surface area contributed by atoms with Crippen molar-refractivity contribution in [1.29, 1.82) is 0 Å². The van der Waals surface area contributed by atoms with Gasteiger partial charge in [-0.3, -0.25) is 0 Å². The summed E-state index contributed by atoms with van der Waals surface area (Å²) >= 11 is 0. The third-order valence-electron chi connectivity index (χ3n) is 4.34. The number of nitrogens with zero attached hydrogens (tertiary/aromatic N) is 1. The van der Waals surface area contributed by atoms with Gasteiger partial charge in [0.05, 0.1) is 13.2 Å². The van der Waals surface area contributed by atoms with Crippen LogP contribution in [0.5, 0.6) is 0 Å². The molecule has 0 amide bonds. The monoisotopic (exact) mass is 617 g/mol. The van der Waals surface area contributed by atoms with Gasteiger partial charge in [0.15, 0.2) is 0 Å². The summed E-state index contributed by atoms with van der Waals surface area (Å²) in [7, 11) is 0. The first-order chi connectivity index (χ1) is 15.9. The van der Waals surface area contributed by atoms with Crippen LogP contribution in [0, 0.1) is 39.5 Å². The van der Waals surface area contributed by atoms with E-state index in [1.165, 1.54) is 22.4 Å². The Kier molecular flexibility index (Phi) is 25.3. The van der Waals surface area contributed by atoms with Crippen LogP contribution in [0.25, 0.3) is 16.8 Å². The largest absolute Gasteiger partial charge is 0.378 e. The molecule has 0 bridgehead atoms. The Balaban J connectivity index is -0.000000730. The zero-order valence-electron chi connectivity index (χ0n) is 17.5. The minimum Gasteiger partial charge on any atom is -0.378 e. The molecule has 0 saturated carbocycles. The predicted octanol–water partition coefficient (Wildman–Crippen LogP) is 3.46. The number of aryl methyl sites for hydroxylation is 1. The van der Waals surface area contributed by atoms with Gasteiger partial charge in [0.25, 0.3) is 6.26 Å². The molecule has 2 aliphatic rings. The number of allylic oxidation sites excluding steroid dienone is 1. The van der Waals surface area contributed by atoms with Crippen molar-refractivity contribution in [3.8, 4) is 11.1 Å². The molecule has 4 rings (SSSR count). The third kappa shape index (κ3) is 10.6. The number of hydrogen-bond donors (Lipinski definition) is 0. The van der Waals surface area contributed by atoms with Gasteiger partial charge in [0.1, 0.15) is 0 Å². The molecule has 1 aliphatic carbocycles. The first-order valence-corrected chi connectivity index (χ1v) is 8.90. The summed E-state index contributed by atoms with van der Waals surface area (Å²) in [4.78, 5) is 2.42. The van der Waals surface area contributed by atoms with Crippen LogP contribution in [0.3, 0.4) is 0 Å². The molecule has 8 nitrogen and oxygen atoms in total. The average Bonchev–Trinajstić information content (AvgIpc) is 2.94. The van der Waals surface area contributed by atoms with Gasteiger partial charge < -0.3 is 14.1 Å². The van der Waals surface area contributed by atoms with Crippen molar-refractivity contribution >= 4 is 5.70 Å². The molecule has 1 fully saturated rings.